The highest BCUT2D eigenvalue weighted by Gasteiger charge is 2.12. The van der Waals surface area contributed by atoms with E-state index >= 15 is 0 Å². The van der Waals surface area contributed by atoms with Gasteiger partial charge in [0.05, 0.1) is 6.42 Å². The fourth-order valence-corrected chi connectivity index (χ4v) is 1.94. The summed E-state index contributed by atoms with van der Waals surface area (Å²) >= 11 is 5.88. The van der Waals surface area contributed by atoms with E-state index in [1.165, 1.54) is 0 Å². The Morgan fingerprint density at radius 3 is 2.94 bits per heavy atom. The van der Waals surface area contributed by atoms with Gasteiger partial charge in [-0.2, -0.15) is 0 Å². The third-order valence-electron chi connectivity index (χ3n) is 2.62. The molecule has 2 rings (SSSR count). The second kappa shape index (κ2) is 4.18. The van der Waals surface area contributed by atoms with Gasteiger partial charge in [0.15, 0.2) is 0 Å². The highest BCUT2D eigenvalue weighted by molar-refractivity contribution is 6.31. The minimum Gasteiger partial charge on any atom is -0.481 e. The Morgan fingerprint density at radius 2 is 2.25 bits per heavy atom. The number of carboxylic acid groups (broad SMARTS) is 1. The molecule has 0 fully saturated rings. The Hall–Kier alpha value is -1.48. The van der Waals surface area contributed by atoms with Crippen molar-refractivity contribution < 1.29 is 9.90 Å². The van der Waals surface area contributed by atoms with Crippen LogP contribution in [-0.4, -0.2) is 16.1 Å². The Morgan fingerprint density at radius 1 is 1.50 bits per heavy atom. The molecule has 0 aliphatic heterocycles. The number of fused-ring (bicyclic) bond motifs is 1. The predicted octanol–water partition coefficient (Wildman–Crippen LogP) is 3.40. The molecule has 1 aromatic heterocycles. The van der Waals surface area contributed by atoms with E-state index in [0.717, 1.165) is 16.6 Å². The number of aliphatic carboxylic acids is 1. The van der Waals surface area contributed by atoms with Gasteiger partial charge in [0, 0.05) is 27.5 Å². The van der Waals surface area contributed by atoms with E-state index in [2.05, 4.69) is 4.98 Å². The number of rotatable bonds is 3. The third kappa shape index (κ3) is 2.19. The summed E-state index contributed by atoms with van der Waals surface area (Å²) in [4.78, 5) is 13.8. The molecular weight excluding hydrogens is 226 g/mol. The average Bonchev–Trinajstić information content (AvgIpc) is 2.59. The molecule has 0 spiro atoms. The predicted molar refractivity (Wildman–Crippen MR) is 64.0 cm³/mol. The summed E-state index contributed by atoms with van der Waals surface area (Å²) < 4.78 is 0. The number of nitrogens with one attached hydrogen (secondary N) is 1. The molecule has 1 heterocycles. The van der Waals surface area contributed by atoms with E-state index < -0.39 is 5.97 Å². The number of H-pyrrole nitrogens is 1. The molecule has 1 atom stereocenters. The highest BCUT2D eigenvalue weighted by atomic mass is 35.5. The molecule has 2 N–H and O–H groups in total. The number of hydrogen-bond acceptors (Lipinski definition) is 1. The quantitative estimate of drug-likeness (QED) is 0.860. The molecule has 1 unspecified atom stereocenters. The Balaban J connectivity index is 2.35. The summed E-state index contributed by atoms with van der Waals surface area (Å²) in [5.41, 5.74) is 1.91. The van der Waals surface area contributed by atoms with E-state index in [1.54, 1.807) is 0 Å². The van der Waals surface area contributed by atoms with E-state index in [4.69, 9.17) is 16.7 Å². The van der Waals surface area contributed by atoms with Crippen LogP contribution in [0.3, 0.4) is 0 Å². The Bertz CT molecular complexity index is 533. The van der Waals surface area contributed by atoms with Gasteiger partial charge in [0.2, 0.25) is 0 Å². The van der Waals surface area contributed by atoms with Gasteiger partial charge < -0.3 is 10.1 Å². The van der Waals surface area contributed by atoms with Crippen LogP contribution in [0, 0.1) is 0 Å². The van der Waals surface area contributed by atoms with Crippen LogP contribution in [0.15, 0.2) is 24.3 Å². The van der Waals surface area contributed by atoms with Crippen LogP contribution in [-0.2, 0) is 4.79 Å². The van der Waals surface area contributed by atoms with Gasteiger partial charge in [-0.05, 0) is 24.3 Å². The molecule has 0 amide bonds. The molecule has 3 nitrogen and oxygen atoms in total. The normalized spacial score (nSPS) is 12.9. The molecule has 16 heavy (non-hydrogen) atoms. The molecule has 0 saturated carbocycles. The van der Waals surface area contributed by atoms with Crippen LogP contribution < -0.4 is 0 Å². The second-order valence-electron chi connectivity index (χ2n) is 3.96. The SMILES string of the molecule is CC(CC(=O)O)c1cc2cc(Cl)ccc2[nH]1. The van der Waals surface area contributed by atoms with Crippen molar-refractivity contribution in [1.29, 1.82) is 0 Å². The van der Waals surface area contributed by atoms with Crippen molar-refractivity contribution in [1.82, 2.24) is 4.98 Å². The maximum absolute atomic E-state index is 10.6. The first-order chi connectivity index (χ1) is 7.56. The summed E-state index contributed by atoms with van der Waals surface area (Å²) in [5.74, 6) is -0.812. The Labute approximate surface area is 98.0 Å². The lowest BCUT2D eigenvalue weighted by molar-refractivity contribution is -0.137. The summed E-state index contributed by atoms with van der Waals surface area (Å²) in [5, 5.41) is 10.4. The van der Waals surface area contributed by atoms with Crippen molar-refractivity contribution in [3.8, 4) is 0 Å². The Kier molecular flexibility index (Phi) is 2.88. The molecule has 0 aliphatic carbocycles. The minimum absolute atomic E-state index is 0.0244. The summed E-state index contributed by atoms with van der Waals surface area (Å²) in [6.07, 6.45) is 0.126. The van der Waals surface area contributed by atoms with Gasteiger partial charge in [-0.15, -0.1) is 0 Å². The van der Waals surface area contributed by atoms with Gasteiger partial charge in [0.1, 0.15) is 0 Å². The largest absolute Gasteiger partial charge is 0.481 e. The number of aromatic amines is 1. The third-order valence-corrected chi connectivity index (χ3v) is 2.85. The van der Waals surface area contributed by atoms with E-state index in [-0.39, 0.29) is 12.3 Å². The average molecular weight is 238 g/mol. The second-order valence-corrected chi connectivity index (χ2v) is 4.39. The fourth-order valence-electron chi connectivity index (χ4n) is 1.76. The zero-order valence-corrected chi connectivity index (χ0v) is 9.58. The van der Waals surface area contributed by atoms with E-state index in [9.17, 15) is 4.79 Å². The molecule has 0 aliphatic rings. The lowest BCUT2D eigenvalue weighted by Gasteiger charge is -2.04. The summed E-state index contributed by atoms with van der Waals surface area (Å²) in [6, 6.07) is 7.53. The summed E-state index contributed by atoms with van der Waals surface area (Å²) in [6.45, 7) is 1.89. The maximum Gasteiger partial charge on any atom is 0.304 e. The van der Waals surface area contributed by atoms with Gasteiger partial charge in [-0.1, -0.05) is 18.5 Å². The van der Waals surface area contributed by atoms with Gasteiger partial charge in [0.25, 0.3) is 0 Å². The zero-order chi connectivity index (χ0) is 11.7. The van der Waals surface area contributed by atoms with Crippen LogP contribution in [0.4, 0.5) is 0 Å². The van der Waals surface area contributed by atoms with Crippen LogP contribution in [0.1, 0.15) is 25.0 Å². The maximum atomic E-state index is 10.6. The number of aromatic nitrogens is 1. The molecule has 0 saturated heterocycles. The molecule has 1 aromatic carbocycles. The molecule has 4 heteroatoms. The standard InChI is InChI=1S/C12H12ClNO2/c1-7(4-12(15)16)11-6-8-5-9(13)2-3-10(8)14-11/h2-3,5-7,14H,4H2,1H3,(H,15,16). The monoisotopic (exact) mass is 237 g/mol. The zero-order valence-electron chi connectivity index (χ0n) is 8.83. The molecular formula is C12H12ClNO2. The van der Waals surface area contributed by atoms with Gasteiger partial charge >= 0.3 is 5.97 Å². The van der Waals surface area contributed by atoms with Crippen LogP contribution in [0.2, 0.25) is 5.02 Å². The number of hydrogen-bond donors (Lipinski definition) is 2. The molecule has 84 valence electrons. The molecule has 2 aromatic rings. The van der Waals surface area contributed by atoms with Crippen LogP contribution in [0.5, 0.6) is 0 Å². The summed E-state index contributed by atoms with van der Waals surface area (Å²) in [7, 11) is 0. The van der Waals surface area contributed by atoms with E-state index in [0.29, 0.717) is 5.02 Å². The lowest BCUT2D eigenvalue weighted by atomic mass is 10.0. The highest BCUT2D eigenvalue weighted by Crippen LogP contribution is 2.25. The van der Waals surface area contributed by atoms with Crippen LogP contribution >= 0.6 is 11.6 Å². The first kappa shape index (κ1) is 11.0. The smallest absolute Gasteiger partial charge is 0.304 e. The number of halogens is 1. The van der Waals surface area contributed by atoms with Crippen molar-refractivity contribution >= 4 is 28.5 Å². The fraction of sp³-hybridized carbons (Fsp3) is 0.250. The number of carboxylic acids is 1. The van der Waals surface area contributed by atoms with Crippen molar-refractivity contribution in [2.24, 2.45) is 0 Å². The minimum atomic E-state index is -0.788. The van der Waals surface area contributed by atoms with Crippen molar-refractivity contribution in [2.75, 3.05) is 0 Å². The van der Waals surface area contributed by atoms with Crippen molar-refractivity contribution in [3.63, 3.8) is 0 Å². The first-order valence-corrected chi connectivity index (χ1v) is 5.44. The molecule has 0 bridgehead atoms. The van der Waals surface area contributed by atoms with Crippen molar-refractivity contribution in [2.45, 2.75) is 19.3 Å². The van der Waals surface area contributed by atoms with Crippen molar-refractivity contribution in [3.05, 3.63) is 35.0 Å². The molecule has 0 radical (unpaired) electrons. The van der Waals surface area contributed by atoms with Gasteiger partial charge in [-0.3, -0.25) is 4.79 Å². The number of benzene rings is 1. The lowest BCUT2D eigenvalue weighted by Crippen LogP contribution is -2.02. The van der Waals surface area contributed by atoms with Crippen LogP contribution in [0.25, 0.3) is 10.9 Å². The van der Waals surface area contributed by atoms with E-state index in [1.807, 2.05) is 31.2 Å². The number of carbonyl (C=O) groups is 1. The van der Waals surface area contributed by atoms with Gasteiger partial charge in [-0.25, -0.2) is 0 Å². The first-order valence-electron chi connectivity index (χ1n) is 5.06. The topological polar surface area (TPSA) is 53.1 Å².